The highest BCUT2D eigenvalue weighted by molar-refractivity contribution is 6.30. The lowest BCUT2D eigenvalue weighted by Gasteiger charge is -2.21. The van der Waals surface area contributed by atoms with Gasteiger partial charge in [-0.3, -0.25) is 0 Å². The molecule has 0 aliphatic heterocycles. The molecule has 1 amide bonds. The second kappa shape index (κ2) is 7.89. The molecule has 0 radical (unpaired) electrons. The lowest BCUT2D eigenvalue weighted by Crippen LogP contribution is -2.35. The Hall–Kier alpha value is -2.71. The highest BCUT2D eigenvalue weighted by Gasteiger charge is 2.19. The summed E-state index contributed by atoms with van der Waals surface area (Å²) in [6.45, 7) is 0.961. The van der Waals surface area contributed by atoms with E-state index in [9.17, 15) is 14.3 Å². The van der Waals surface area contributed by atoms with Gasteiger partial charge < -0.3 is 14.9 Å². The zero-order valence-electron chi connectivity index (χ0n) is 14.9. The van der Waals surface area contributed by atoms with Crippen LogP contribution in [0.25, 0.3) is 16.6 Å². The zero-order chi connectivity index (χ0) is 19.6. The van der Waals surface area contributed by atoms with Crippen LogP contribution in [0.4, 0.5) is 9.18 Å². The number of carbonyl (C=O) groups is 1. The van der Waals surface area contributed by atoms with E-state index in [0.29, 0.717) is 30.0 Å². The van der Waals surface area contributed by atoms with Crippen molar-refractivity contribution in [3.63, 3.8) is 0 Å². The standard InChI is InChI=1S/C18H19ClFN5O2/c1-23(2)7-8-24(18(26)27)11-15-17-12(9-16(19)22-15)10-21-25(17)14-5-3-13(20)4-6-14/h3-6,9-10H,7-8,11H2,1-2H3,(H,26,27). The molecule has 0 saturated carbocycles. The van der Waals surface area contributed by atoms with Gasteiger partial charge in [0.05, 0.1) is 29.6 Å². The van der Waals surface area contributed by atoms with Crippen molar-refractivity contribution in [2.45, 2.75) is 6.54 Å². The summed E-state index contributed by atoms with van der Waals surface area (Å²) >= 11 is 6.12. The Kier molecular flexibility index (Phi) is 5.57. The van der Waals surface area contributed by atoms with Gasteiger partial charge in [-0.15, -0.1) is 0 Å². The van der Waals surface area contributed by atoms with E-state index < -0.39 is 6.09 Å². The quantitative estimate of drug-likeness (QED) is 0.653. The smallest absolute Gasteiger partial charge is 0.407 e. The highest BCUT2D eigenvalue weighted by atomic mass is 35.5. The van der Waals surface area contributed by atoms with Gasteiger partial charge in [0.15, 0.2) is 0 Å². The van der Waals surface area contributed by atoms with Crippen LogP contribution >= 0.6 is 11.6 Å². The number of hydrogen-bond acceptors (Lipinski definition) is 4. The number of fused-ring (bicyclic) bond motifs is 1. The molecule has 3 aromatic rings. The Morgan fingerprint density at radius 2 is 1.96 bits per heavy atom. The van der Waals surface area contributed by atoms with Gasteiger partial charge in [-0.1, -0.05) is 11.6 Å². The van der Waals surface area contributed by atoms with Crippen LogP contribution in [-0.4, -0.2) is 62.9 Å². The number of nitrogens with zero attached hydrogens (tertiary/aromatic N) is 5. The fourth-order valence-corrected chi connectivity index (χ4v) is 2.95. The molecule has 0 fully saturated rings. The van der Waals surface area contributed by atoms with E-state index >= 15 is 0 Å². The van der Waals surface area contributed by atoms with E-state index in [4.69, 9.17) is 11.6 Å². The van der Waals surface area contributed by atoms with Crippen molar-refractivity contribution >= 4 is 28.6 Å². The molecule has 1 aromatic carbocycles. The van der Waals surface area contributed by atoms with Gasteiger partial charge in [-0.05, 0) is 44.4 Å². The van der Waals surface area contributed by atoms with Crippen LogP contribution in [0.5, 0.6) is 0 Å². The second-order valence-corrected chi connectivity index (χ2v) is 6.76. The molecule has 0 saturated heterocycles. The number of aromatic nitrogens is 3. The minimum atomic E-state index is -1.04. The molecule has 0 atom stereocenters. The lowest BCUT2D eigenvalue weighted by molar-refractivity contribution is 0.137. The average molecular weight is 392 g/mol. The van der Waals surface area contributed by atoms with Crippen molar-refractivity contribution in [1.29, 1.82) is 0 Å². The highest BCUT2D eigenvalue weighted by Crippen LogP contribution is 2.25. The summed E-state index contributed by atoms with van der Waals surface area (Å²) in [6, 6.07) is 7.54. The average Bonchev–Trinajstić information content (AvgIpc) is 3.02. The third-order valence-electron chi connectivity index (χ3n) is 4.09. The van der Waals surface area contributed by atoms with E-state index in [1.165, 1.54) is 17.0 Å². The lowest BCUT2D eigenvalue weighted by atomic mass is 10.2. The van der Waals surface area contributed by atoms with Crippen LogP contribution in [0, 0.1) is 5.82 Å². The van der Waals surface area contributed by atoms with Crippen LogP contribution in [-0.2, 0) is 6.54 Å². The summed E-state index contributed by atoms with van der Waals surface area (Å²) in [5, 5.41) is 14.9. The van der Waals surface area contributed by atoms with Gasteiger partial charge in [0.25, 0.3) is 0 Å². The van der Waals surface area contributed by atoms with Gasteiger partial charge in [0.2, 0.25) is 0 Å². The third-order valence-corrected chi connectivity index (χ3v) is 4.28. The van der Waals surface area contributed by atoms with Crippen LogP contribution in [0.2, 0.25) is 5.15 Å². The van der Waals surface area contributed by atoms with Crippen LogP contribution in [0.15, 0.2) is 36.5 Å². The third kappa shape index (κ3) is 4.35. The first kappa shape index (κ1) is 19.1. The SMILES string of the molecule is CN(C)CCN(Cc1nc(Cl)cc2cnn(-c3ccc(F)cc3)c12)C(=O)O. The first-order valence-corrected chi connectivity index (χ1v) is 8.64. The van der Waals surface area contributed by atoms with E-state index in [1.807, 2.05) is 19.0 Å². The van der Waals surface area contributed by atoms with Gasteiger partial charge in [0, 0.05) is 18.5 Å². The Morgan fingerprint density at radius 1 is 1.26 bits per heavy atom. The summed E-state index contributed by atoms with van der Waals surface area (Å²) < 4.78 is 14.9. The number of carboxylic acid groups (broad SMARTS) is 1. The van der Waals surface area contributed by atoms with Gasteiger partial charge in [-0.25, -0.2) is 18.9 Å². The summed E-state index contributed by atoms with van der Waals surface area (Å²) in [7, 11) is 3.75. The first-order chi connectivity index (χ1) is 12.8. The Balaban J connectivity index is 2.04. The minimum absolute atomic E-state index is 0.0626. The summed E-state index contributed by atoms with van der Waals surface area (Å²) in [4.78, 5) is 19.2. The maximum Gasteiger partial charge on any atom is 0.407 e. The molecule has 0 unspecified atom stereocenters. The molecule has 3 rings (SSSR count). The molecular formula is C18H19ClFN5O2. The number of rotatable bonds is 6. The van der Waals surface area contributed by atoms with Crippen molar-refractivity contribution < 1.29 is 14.3 Å². The molecule has 0 bridgehead atoms. The Morgan fingerprint density at radius 3 is 2.59 bits per heavy atom. The van der Waals surface area contributed by atoms with Crippen molar-refractivity contribution in [2.24, 2.45) is 0 Å². The van der Waals surface area contributed by atoms with Crippen molar-refractivity contribution in [1.82, 2.24) is 24.6 Å². The number of pyridine rings is 1. The van der Waals surface area contributed by atoms with E-state index in [1.54, 1.807) is 29.1 Å². The molecule has 0 aliphatic carbocycles. The van der Waals surface area contributed by atoms with E-state index in [-0.39, 0.29) is 17.5 Å². The maximum atomic E-state index is 13.2. The summed E-state index contributed by atoms with van der Waals surface area (Å²) in [6.07, 6.45) is 0.584. The molecule has 0 aliphatic rings. The summed E-state index contributed by atoms with van der Waals surface area (Å²) in [5.74, 6) is -0.350. The van der Waals surface area contributed by atoms with Crippen LogP contribution < -0.4 is 0 Å². The normalized spacial score (nSPS) is 11.3. The van der Waals surface area contributed by atoms with Crippen molar-refractivity contribution in [3.8, 4) is 5.69 Å². The molecule has 9 heteroatoms. The van der Waals surface area contributed by atoms with Crippen LogP contribution in [0.1, 0.15) is 5.69 Å². The number of hydrogen-bond donors (Lipinski definition) is 1. The first-order valence-electron chi connectivity index (χ1n) is 8.27. The van der Waals surface area contributed by atoms with Crippen molar-refractivity contribution in [2.75, 3.05) is 27.2 Å². The maximum absolute atomic E-state index is 13.2. The molecule has 27 heavy (non-hydrogen) atoms. The van der Waals surface area contributed by atoms with Gasteiger partial charge >= 0.3 is 6.09 Å². The second-order valence-electron chi connectivity index (χ2n) is 6.37. The largest absolute Gasteiger partial charge is 0.465 e. The molecule has 2 heterocycles. The molecular weight excluding hydrogens is 373 g/mol. The van der Waals surface area contributed by atoms with E-state index in [2.05, 4.69) is 10.1 Å². The zero-order valence-corrected chi connectivity index (χ0v) is 15.7. The van der Waals surface area contributed by atoms with E-state index in [0.717, 1.165) is 5.39 Å². The van der Waals surface area contributed by atoms with Gasteiger partial charge in [0.1, 0.15) is 11.0 Å². The Labute approximate surface area is 160 Å². The molecule has 1 N–H and O–H groups in total. The number of benzene rings is 1. The molecule has 2 aromatic heterocycles. The minimum Gasteiger partial charge on any atom is -0.465 e. The summed E-state index contributed by atoms with van der Waals surface area (Å²) in [5.41, 5.74) is 1.77. The molecule has 0 spiro atoms. The monoisotopic (exact) mass is 391 g/mol. The van der Waals surface area contributed by atoms with Crippen molar-refractivity contribution in [3.05, 3.63) is 53.2 Å². The number of halogens is 2. The predicted octanol–water partition coefficient (Wildman–Crippen LogP) is 3.25. The van der Waals surface area contributed by atoms with Gasteiger partial charge in [-0.2, -0.15) is 5.10 Å². The van der Waals surface area contributed by atoms with Crippen LogP contribution in [0.3, 0.4) is 0 Å². The predicted molar refractivity (Wildman–Crippen MR) is 101 cm³/mol. The molecule has 7 nitrogen and oxygen atoms in total. The topological polar surface area (TPSA) is 74.5 Å². The fourth-order valence-electron chi connectivity index (χ4n) is 2.73. The Bertz CT molecular complexity index is 958. The number of likely N-dealkylation sites (N-methyl/N-ethyl adjacent to an activating group) is 1. The number of amides is 1. The molecule has 142 valence electrons. The fraction of sp³-hybridized carbons (Fsp3) is 0.278.